The van der Waals surface area contributed by atoms with Gasteiger partial charge in [-0.1, -0.05) is 0 Å². The van der Waals surface area contributed by atoms with Crippen molar-refractivity contribution in [1.82, 2.24) is 10.3 Å². The Morgan fingerprint density at radius 3 is 2.73 bits per heavy atom. The zero-order valence-electron chi connectivity index (χ0n) is 9.24. The first-order valence-electron chi connectivity index (χ1n) is 5.06. The molecule has 15 heavy (non-hydrogen) atoms. The molecule has 0 aliphatic rings. The van der Waals surface area contributed by atoms with E-state index in [0.29, 0.717) is 19.6 Å². The van der Waals surface area contributed by atoms with Crippen LogP contribution in [0, 0.1) is 0 Å². The smallest absolute Gasteiger partial charge is 0.233 e. The van der Waals surface area contributed by atoms with Crippen LogP contribution in [0.2, 0.25) is 0 Å². The number of hydrogen-bond donors (Lipinski definition) is 3. The normalized spacial score (nSPS) is 10.7. The molecule has 6 heteroatoms. The molecular formula is C9H21N3O3. The van der Waals surface area contributed by atoms with Crippen LogP contribution >= 0.6 is 0 Å². The summed E-state index contributed by atoms with van der Waals surface area (Å²) in [4.78, 5) is 12.9. The number of aliphatic hydroxyl groups excluding tert-OH is 1. The Bertz CT molecular complexity index is 167. The summed E-state index contributed by atoms with van der Waals surface area (Å²) in [5, 5.41) is 8.81. The third kappa shape index (κ3) is 8.31. The molecule has 90 valence electrons. The van der Waals surface area contributed by atoms with Crippen molar-refractivity contribution in [2.75, 3.05) is 40.0 Å². The van der Waals surface area contributed by atoms with Crippen LogP contribution < -0.4 is 11.3 Å². The largest absolute Gasteiger partial charge is 0.395 e. The van der Waals surface area contributed by atoms with Gasteiger partial charge in [-0.05, 0) is 13.0 Å². The van der Waals surface area contributed by atoms with Crippen molar-refractivity contribution in [2.24, 2.45) is 5.84 Å². The SMILES string of the molecule is COCCN(CCO)CCCC(=O)NN. The van der Waals surface area contributed by atoms with Crippen LogP contribution in [0.15, 0.2) is 0 Å². The number of methoxy groups -OCH3 is 1. The summed E-state index contributed by atoms with van der Waals surface area (Å²) in [6.07, 6.45) is 1.14. The van der Waals surface area contributed by atoms with Crippen molar-refractivity contribution >= 4 is 5.91 Å². The van der Waals surface area contributed by atoms with Gasteiger partial charge in [-0.2, -0.15) is 0 Å². The number of amides is 1. The van der Waals surface area contributed by atoms with E-state index in [1.54, 1.807) is 7.11 Å². The summed E-state index contributed by atoms with van der Waals surface area (Å²) in [5.41, 5.74) is 2.08. The molecule has 0 fully saturated rings. The van der Waals surface area contributed by atoms with Gasteiger partial charge in [0.15, 0.2) is 0 Å². The molecule has 0 aliphatic heterocycles. The predicted octanol–water partition coefficient (Wildman–Crippen LogP) is -1.30. The third-order valence-electron chi connectivity index (χ3n) is 2.07. The number of hydrogen-bond acceptors (Lipinski definition) is 5. The second-order valence-corrected chi connectivity index (χ2v) is 3.23. The highest BCUT2D eigenvalue weighted by molar-refractivity contribution is 5.75. The summed E-state index contributed by atoms with van der Waals surface area (Å²) < 4.78 is 4.94. The topological polar surface area (TPSA) is 87.8 Å². The lowest BCUT2D eigenvalue weighted by molar-refractivity contribution is -0.121. The van der Waals surface area contributed by atoms with Gasteiger partial charge in [0.05, 0.1) is 13.2 Å². The quantitative estimate of drug-likeness (QED) is 0.255. The molecule has 1 amide bonds. The fraction of sp³-hybridized carbons (Fsp3) is 0.889. The van der Waals surface area contributed by atoms with E-state index in [9.17, 15) is 4.79 Å². The highest BCUT2D eigenvalue weighted by atomic mass is 16.5. The standard InChI is InChI=1S/C9H21N3O3/c1-15-8-6-12(5-7-13)4-2-3-9(14)11-10/h13H,2-8,10H2,1H3,(H,11,14). The zero-order valence-corrected chi connectivity index (χ0v) is 9.24. The van der Waals surface area contributed by atoms with Crippen LogP contribution in [-0.4, -0.2) is 55.9 Å². The molecule has 0 heterocycles. The Hall–Kier alpha value is -0.690. The first kappa shape index (κ1) is 14.3. The second kappa shape index (κ2) is 9.85. The Balaban J connectivity index is 3.60. The Morgan fingerprint density at radius 2 is 2.20 bits per heavy atom. The number of nitrogens with one attached hydrogen (secondary N) is 1. The van der Waals surface area contributed by atoms with Gasteiger partial charge in [0, 0.05) is 26.6 Å². The Morgan fingerprint density at radius 1 is 1.47 bits per heavy atom. The minimum absolute atomic E-state index is 0.118. The minimum Gasteiger partial charge on any atom is -0.395 e. The van der Waals surface area contributed by atoms with Gasteiger partial charge in [0.2, 0.25) is 5.91 Å². The first-order chi connectivity index (χ1) is 7.24. The lowest BCUT2D eigenvalue weighted by Crippen LogP contribution is -2.33. The molecule has 4 N–H and O–H groups in total. The summed E-state index contributed by atoms with van der Waals surface area (Å²) in [5.74, 6) is 4.79. The molecule has 0 rings (SSSR count). The fourth-order valence-electron chi connectivity index (χ4n) is 1.23. The van der Waals surface area contributed by atoms with Gasteiger partial charge >= 0.3 is 0 Å². The maximum atomic E-state index is 10.8. The molecular weight excluding hydrogens is 198 g/mol. The number of ether oxygens (including phenoxy) is 1. The maximum Gasteiger partial charge on any atom is 0.233 e. The molecule has 6 nitrogen and oxygen atoms in total. The van der Waals surface area contributed by atoms with Crippen LogP contribution in [0.5, 0.6) is 0 Å². The van der Waals surface area contributed by atoms with Gasteiger partial charge in [-0.15, -0.1) is 0 Å². The fourth-order valence-corrected chi connectivity index (χ4v) is 1.23. The summed E-state index contributed by atoms with van der Waals surface area (Å²) in [7, 11) is 1.64. The molecule has 0 unspecified atom stereocenters. The van der Waals surface area contributed by atoms with Crippen molar-refractivity contribution in [2.45, 2.75) is 12.8 Å². The van der Waals surface area contributed by atoms with Gasteiger partial charge in [-0.25, -0.2) is 5.84 Å². The molecule has 0 bridgehead atoms. The van der Waals surface area contributed by atoms with Crippen molar-refractivity contribution < 1.29 is 14.6 Å². The number of hydrazine groups is 1. The summed E-state index contributed by atoms with van der Waals surface area (Å²) >= 11 is 0. The van der Waals surface area contributed by atoms with Gasteiger partial charge in [0.1, 0.15) is 0 Å². The van der Waals surface area contributed by atoms with E-state index in [1.807, 2.05) is 4.90 Å². The highest BCUT2D eigenvalue weighted by Gasteiger charge is 2.05. The number of nitrogens with zero attached hydrogens (tertiary/aromatic N) is 1. The number of rotatable bonds is 9. The van der Waals surface area contributed by atoms with Gasteiger partial charge in [0.25, 0.3) is 0 Å². The van der Waals surface area contributed by atoms with Crippen LogP contribution in [0.3, 0.4) is 0 Å². The second-order valence-electron chi connectivity index (χ2n) is 3.23. The van der Waals surface area contributed by atoms with Crippen LogP contribution in [0.4, 0.5) is 0 Å². The minimum atomic E-state index is -0.161. The Labute approximate surface area is 90.3 Å². The highest BCUT2D eigenvalue weighted by Crippen LogP contribution is 1.95. The molecule has 0 radical (unpaired) electrons. The van der Waals surface area contributed by atoms with Crippen molar-refractivity contribution in [3.05, 3.63) is 0 Å². The van der Waals surface area contributed by atoms with Crippen molar-refractivity contribution in [3.63, 3.8) is 0 Å². The lowest BCUT2D eigenvalue weighted by atomic mass is 10.3. The van der Waals surface area contributed by atoms with Crippen LogP contribution in [0.1, 0.15) is 12.8 Å². The molecule has 0 aliphatic carbocycles. The average Bonchev–Trinajstić information content (AvgIpc) is 2.25. The van der Waals surface area contributed by atoms with Crippen molar-refractivity contribution in [1.29, 1.82) is 0 Å². The predicted molar refractivity (Wildman–Crippen MR) is 57.0 cm³/mol. The van der Waals surface area contributed by atoms with E-state index < -0.39 is 0 Å². The number of nitrogens with two attached hydrogens (primary N) is 1. The van der Waals surface area contributed by atoms with E-state index in [4.69, 9.17) is 15.7 Å². The van der Waals surface area contributed by atoms with E-state index in [0.717, 1.165) is 19.5 Å². The number of carbonyl (C=O) groups excluding carboxylic acids is 1. The molecule has 0 aromatic rings. The maximum absolute atomic E-state index is 10.8. The lowest BCUT2D eigenvalue weighted by Gasteiger charge is -2.20. The number of aliphatic hydroxyl groups is 1. The molecule has 0 spiro atoms. The Kier molecular flexibility index (Phi) is 9.40. The van der Waals surface area contributed by atoms with Gasteiger partial charge < -0.3 is 9.84 Å². The summed E-state index contributed by atoms with van der Waals surface area (Å²) in [6.45, 7) is 2.88. The zero-order chi connectivity index (χ0) is 11.5. The average molecular weight is 219 g/mol. The third-order valence-corrected chi connectivity index (χ3v) is 2.07. The molecule has 0 aromatic carbocycles. The van der Waals surface area contributed by atoms with E-state index in [2.05, 4.69) is 5.43 Å². The van der Waals surface area contributed by atoms with Gasteiger partial charge in [-0.3, -0.25) is 15.1 Å². The monoisotopic (exact) mass is 219 g/mol. The summed E-state index contributed by atoms with van der Waals surface area (Å²) in [6, 6.07) is 0. The first-order valence-corrected chi connectivity index (χ1v) is 5.06. The van der Waals surface area contributed by atoms with Crippen LogP contribution in [-0.2, 0) is 9.53 Å². The molecule has 0 saturated heterocycles. The molecule has 0 atom stereocenters. The molecule has 0 saturated carbocycles. The van der Waals surface area contributed by atoms with E-state index >= 15 is 0 Å². The number of carbonyl (C=O) groups is 1. The molecule has 0 aromatic heterocycles. The van der Waals surface area contributed by atoms with E-state index in [-0.39, 0.29) is 12.5 Å². The van der Waals surface area contributed by atoms with Crippen molar-refractivity contribution in [3.8, 4) is 0 Å². The van der Waals surface area contributed by atoms with E-state index in [1.165, 1.54) is 0 Å². The van der Waals surface area contributed by atoms with Crippen LogP contribution in [0.25, 0.3) is 0 Å².